The zero-order chi connectivity index (χ0) is 19.1. The number of nitrogens with one attached hydrogen (secondary N) is 1. The number of sulfonamides is 1. The van der Waals surface area contributed by atoms with Crippen molar-refractivity contribution in [2.45, 2.75) is 4.90 Å². The van der Waals surface area contributed by atoms with Crippen molar-refractivity contribution in [3.8, 4) is 5.75 Å². The summed E-state index contributed by atoms with van der Waals surface area (Å²) in [5.74, 6) is -5.29. The van der Waals surface area contributed by atoms with E-state index in [0.29, 0.717) is 12.1 Å². The molecule has 1 N–H and O–H groups in total. The fraction of sp³-hybridized carbons (Fsp3) is 0.188. The maximum Gasteiger partial charge on any atom is 0.255 e. The van der Waals surface area contributed by atoms with Gasteiger partial charge in [-0.2, -0.15) is 4.31 Å². The van der Waals surface area contributed by atoms with Gasteiger partial charge in [-0.05, 0) is 18.2 Å². The summed E-state index contributed by atoms with van der Waals surface area (Å²) in [6.07, 6.45) is 0. The topological polar surface area (TPSA) is 75.7 Å². The SMILES string of the molecule is CN1CCOc2ccc(C(=O)Nc3cc(F)c(F)c(F)c3)cc2S1(=O)=O. The Hall–Kier alpha value is -2.59. The molecule has 26 heavy (non-hydrogen) atoms. The Labute approximate surface area is 147 Å². The van der Waals surface area contributed by atoms with Gasteiger partial charge in [0.15, 0.2) is 17.5 Å². The van der Waals surface area contributed by atoms with Crippen LogP contribution in [0.25, 0.3) is 0 Å². The molecule has 1 aliphatic heterocycles. The van der Waals surface area contributed by atoms with Gasteiger partial charge in [0.1, 0.15) is 17.3 Å². The Balaban J connectivity index is 1.95. The van der Waals surface area contributed by atoms with Crippen molar-refractivity contribution in [2.24, 2.45) is 0 Å². The fourth-order valence-electron chi connectivity index (χ4n) is 2.37. The van der Waals surface area contributed by atoms with E-state index < -0.39 is 33.4 Å². The number of amides is 1. The number of carbonyl (C=O) groups is 1. The molecule has 0 fully saturated rings. The Morgan fingerprint density at radius 3 is 2.46 bits per heavy atom. The van der Waals surface area contributed by atoms with Gasteiger partial charge in [-0.15, -0.1) is 0 Å². The predicted molar refractivity (Wildman–Crippen MR) is 86.0 cm³/mol. The van der Waals surface area contributed by atoms with E-state index in [1.807, 2.05) is 0 Å². The van der Waals surface area contributed by atoms with Gasteiger partial charge in [-0.3, -0.25) is 4.79 Å². The second-order valence-electron chi connectivity index (χ2n) is 5.54. The van der Waals surface area contributed by atoms with E-state index in [9.17, 15) is 26.4 Å². The van der Waals surface area contributed by atoms with E-state index in [0.717, 1.165) is 10.4 Å². The van der Waals surface area contributed by atoms with E-state index >= 15 is 0 Å². The van der Waals surface area contributed by atoms with Crippen molar-refractivity contribution in [3.63, 3.8) is 0 Å². The lowest BCUT2D eigenvalue weighted by molar-refractivity contribution is 0.102. The number of benzene rings is 2. The van der Waals surface area contributed by atoms with Gasteiger partial charge in [0.25, 0.3) is 5.91 Å². The number of hydrogen-bond donors (Lipinski definition) is 1. The normalized spacial score (nSPS) is 16.3. The zero-order valence-electron chi connectivity index (χ0n) is 13.4. The number of ether oxygens (including phenoxy) is 1. The molecule has 1 aliphatic rings. The Morgan fingerprint density at radius 1 is 1.15 bits per heavy atom. The molecule has 10 heteroatoms. The Kier molecular flexibility index (Phi) is 4.63. The van der Waals surface area contributed by atoms with Crippen LogP contribution in [0.15, 0.2) is 35.2 Å². The molecule has 3 rings (SSSR count). The minimum Gasteiger partial charge on any atom is -0.491 e. The Bertz CT molecular complexity index is 972. The number of likely N-dealkylation sites (N-methyl/N-ethyl adjacent to an activating group) is 1. The summed E-state index contributed by atoms with van der Waals surface area (Å²) in [4.78, 5) is 12.1. The van der Waals surface area contributed by atoms with Gasteiger partial charge in [-0.1, -0.05) is 0 Å². The molecule has 1 heterocycles. The summed E-state index contributed by atoms with van der Waals surface area (Å²) < 4.78 is 70.8. The number of fused-ring (bicyclic) bond motifs is 1. The average Bonchev–Trinajstić information content (AvgIpc) is 2.69. The molecule has 0 unspecified atom stereocenters. The molecule has 0 aromatic heterocycles. The summed E-state index contributed by atoms with van der Waals surface area (Å²) in [5, 5.41) is 2.19. The summed E-state index contributed by atoms with van der Waals surface area (Å²) in [6.45, 7) is 0.301. The molecule has 0 atom stereocenters. The fourth-order valence-corrected chi connectivity index (χ4v) is 3.68. The van der Waals surface area contributed by atoms with Crippen molar-refractivity contribution in [1.29, 1.82) is 0 Å². The van der Waals surface area contributed by atoms with Gasteiger partial charge in [0.05, 0.1) is 0 Å². The number of rotatable bonds is 2. The van der Waals surface area contributed by atoms with Gasteiger partial charge in [-0.25, -0.2) is 21.6 Å². The van der Waals surface area contributed by atoms with Gasteiger partial charge >= 0.3 is 0 Å². The maximum absolute atomic E-state index is 13.2. The van der Waals surface area contributed by atoms with E-state index in [-0.39, 0.29) is 35.0 Å². The third kappa shape index (κ3) is 3.25. The van der Waals surface area contributed by atoms with Crippen molar-refractivity contribution >= 4 is 21.6 Å². The third-order valence-electron chi connectivity index (χ3n) is 3.80. The molecule has 0 bridgehead atoms. The number of carbonyl (C=O) groups excluding carboxylic acids is 1. The molecule has 0 spiro atoms. The predicted octanol–water partition coefficient (Wildman–Crippen LogP) is 2.37. The Morgan fingerprint density at radius 2 is 1.81 bits per heavy atom. The zero-order valence-corrected chi connectivity index (χ0v) is 14.2. The van der Waals surface area contributed by atoms with E-state index in [2.05, 4.69) is 5.32 Å². The molecule has 0 aliphatic carbocycles. The largest absolute Gasteiger partial charge is 0.491 e. The lowest BCUT2D eigenvalue weighted by atomic mass is 10.2. The number of nitrogens with zero attached hydrogens (tertiary/aromatic N) is 1. The lowest BCUT2D eigenvalue weighted by Gasteiger charge is -2.13. The van der Waals surface area contributed by atoms with Crippen molar-refractivity contribution < 1.29 is 31.1 Å². The first kappa shape index (κ1) is 18.2. The monoisotopic (exact) mass is 386 g/mol. The lowest BCUT2D eigenvalue weighted by Crippen LogP contribution is -2.28. The average molecular weight is 386 g/mol. The van der Waals surface area contributed by atoms with Gasteiger partial charge < -0.3 is 10.1 Å². The van der Waals surface area contributed by atoms with Crippen LogP contribution in [0.4, 0.5) is 18.9 Å². The summed E-state index contributed by atoms with van der Waals surface area (Å²) in [6, 6.07) is 4.98. The van der Waals surface area contributed by atoms with Crippen LogP contribution in [0.5, 0.6) is 5.75 Å². The molecule has 6 nitrogen and oxygen atoms in total. The smallest absolute Gasteiger partial charge is 0.255 e. The minimum absolute atomic E-state index is 0.0728. The molecule has 0 saturated carbocycles. The van der Waals surface area contributed by atoms with Crippen LogP contribution >= 0.6 is 0 Å². The van der Waals surface area contributed by atoms with E-state index in [1.54, 1.807) is 0 Å². The molecular weight excluding hydrogens is 373 g/mol. The minimum atomic E-state index is -3.85. The standard InChI is InChI=1S/C16H13F3N2O4S/c1-21-4-5-25-13-3-2-9(6-14(13)26(21,23)24)16(22)20-10-7-11(17)15(19)12(18)8-10/h2-3,6-8H,4-5H2,1H3,(H,20,22). The van der Waals surface area contributed by atoms with Crippen LogP contribution in [0.2, 0.25) is 0 Å². The first-order chi connectivity index (χ1) is 12.2. The van der Waals surface area contributed by atoms with Crippen LogP contribution in [0.3, 0.4) is 0 Å². The maximum atomic E-state index is 13.2. The van der Waals surface area contributed by atoms with Crippen LogP contribution in [0, 0.1) is 17.5 Å². The van der Waals surface area contributed by atoms with Crippen LogP contribution < -0.4 is 10.1 Å². The molecule has 1 amide bonds. The highest BCUT2D eigenvalue weighted by atomic mass is 32.2. The molecule has 138 valence electrons. The highest BCUT2D eigenvalue weighted by Gasteiger charge is 2.29. The van der Waals surface area contributed by atoms with Crippen LogP contribution in [-0.2, 0) is 10.0 Å². The van der Waals surface area contributed by atoms with Crippen molar-refractivity contribution in [1.82, 2.24) is 4.31 Å². The van der Waals surface area contributed by atoms with E-state index in [1.165, 1.54) is 19.2 Å². The van der Waals surface area contributed by atoms with Crippen LogP contribution in [0.1, 0.15) is 10.4 Å². The van der Waals surface area contributed by atoms with Crippen molar-refractivity contribution in [3.05, 3.63) is 53.3 Å². The summed E-state index contributed by atoms with van der Waals surface area (Å²) in [7, 11) is -2.47. The second-order valence-corrected chi connectivity index (χ2v) is 7.56. The number of anilines is 1. The first-order valence-corrected chi connectivity index (χ1v) is 8.83. The number of halogens is 3. The molecule has 0 saturated heterocycles. The van der Waals surface area contributed by atoms with Crippen molar-refractivity contribution in [2.75, 3.05) is 25.5 Å². The molecular formula is C16H13F3N2O4S. The summed E-state index contributed by atoms with van der Waals surface area (Å²) >= 11 is 0. The third-order valence-corrected chi connectivity index (χ3v) is 5.68. The van der Waals surface area contributed by atoms with Gasteiger partial charge in [0.2, 0.25) is 10.0 Å². The quantitative estimate of drug-likeness (QED) is 0.804. The molecule has 0 radical (unpaired) electrons. The second kappa shape index (κ2) is 6.61. The van der Waals surface area contributed by atoms with Crippen LogP contribution in [-0.4, -0.2) is 38.8 Å². The van der Waals surface area contributed by atoms with E-state index in [4.69, 9.17) is 4.74 Å². The first-order valence-electron chi connectivity index (χ1n) is 7.39. The highest BCUT2D eigenvalue weighted by Crippen LogP contribution is 2.30. The highest BCUT2D eigenvalue weighted by molar-refractivity contribution is 7.89. The number of hydrogen-bond acceptors (Lipinski definition) is 4. The summed E-state index contributed by atoms with van der Waals surface area (Å²) in [5.41, 5.74) is -0.381. The molecule has 2 aromatic rings. The van der Waals surface area contributed by atoms with Gasteiger partial charge in [0, 0.05) is 37.0 Å². The molecule has 2 aromatic carbocycles.